The molecule has 2 aliphatic rings. The zero-order valence-electron chi connectivity index (χ0n) is 14.5. The molecular formula is C18H24N2O6. The van der Waals surface area contributed by atoms with Crippen LogP contribution in [0.15, 0.2) is 18.2 Å². The lowest BCUT2D eigenvalue weighted by Crippen LogP contribution is -2.44. The Morgan fingerprint density at radius 3 is 2.69 bits per heavy atom. The molecule has 0 aromatic heterocycles. The number of nitrogens with one attached hydrogen (secondary N) is 2. The Morgan fingerprint density at radius 1 is 1.31 bits per heavy atom. The maximum absolute atomic E-state index is 12.3. The molecule has 1 amide bonds. The Labute approximate surface area is 151 Å². The molecule has 1 heterocycles. The highest BCUT2D eigenvalue weighted by Crippen LogP contribution is 2.37. The predicted octanol–water partition coefficient (Wildman–Crippen LogP) is -1.07. The van der Waals surface area contributed by atoms with Crippen LogP contribution in [0.25, 0.3) is 0 Å². The summed E-state index contributed by atoms with van der Waals surface area (Å²) >= 11 is 0. The number of rotatable bonds is 6. The molecule has 5 atom stereocenters. The number of ether oxygens (including phenoxy) is 1. The third-order valence-corrected chi connectivity index (χ3v) is 5.18. The molecule has 8 nitrogen and oxygen atoms in total. The number of carbonyl (C=O) groups excluding carboxylic acids is 2. The average Bonchev–Trinajstić information content (AvgIpc) is 3.10. The largest absolute Gasteiger partial charge is 0.497 e. The zero-order chi connectivity index (χ0) is 18.8. The first kappa shape index (κ1) is 18.8. The van der Waals surface area contributed by atoms with Crippen molar-refractivity contribution in [1.29, 1.82) is 0 Å². The van der Waals surface area contributed by atoms with Gasteiger partial charge >= 0.3 is 0 Å². The SMILES string of the molecule is COc1ccc2c(c1)C(CC(=O)NC[C@H]1N[C@H](CO)[C@@H](O)[C@@H]1O)CC2=O. The number of benzene rings is 1. The number of fused-ring (bicyclic) bond motifs is 1. The van der Waals surface area contributed by atoms with Crippen LogP contribution >= 0.6 is 0 Å². The molecule has 1 aliphatic heterocycles. The second-order valence-electron chi connectivity index (χ2n) is 6.83. The number of ketones is 1. The van der Waals surface area contributed by atoms with Crippen LogP contribution in [-0.2, 0) is 4.79 Å². The zero-order valence-corrected chi connectivity index (χ0v) is 14.5. The van der Waals surface area contributed by atoms with Crippen molar-refractivity contribution >= 4 is 11.7 Å². The summed E-state index contributed by atoms with van der Waals surface area (Å²) in [5, 5.41) is 34.5. The van der Waals surface area contributed by atoms with Crippen LogP contribution in [0.5, 0.6) is 5.75 Å². The van der Waals surface area contributed by atoms with Gasteiger partial charge in [0.25, 0.3) is 0 Å². The van der Waals surface area contributed by atoms with E-state index in [2.05, 4.69) is 10.6 Å². The second kappa shape index (κ2) is 7.71. The van der Waals surface area contributed by atoms with Gasteiger partial charge in [0.1, 0.15) is 5.75 Å². The Bertz CT molecular complexity index is 694. The molecule has 1 aromatic rings. The fourth-order valence-corrected chi connectivity index (χ4v) is 3.69. The van der Waals surface area contributed by atoms with Crippen LogP contribution in [0.1, 0.15) is 34.7 Å². The third kappa shape index (κ3) is 3.59. The Hall–Kier alpha value is -2.00. The first-order valence-corrected chi connectivity index (χ1v) is 8.65. The summed E-state index contributed by atoms with van der Waals surface area (Å²) in [6.07, 6.45) is -1.70. The first-order valence-electron chi connectivity index (χ1n) is 8.65. The van der Waals surface area contributed by atoms with Crippen molar-refractivity contribution in [3.05, 3.63) is 29.3 Å². The van der Waals surface area contributed by atoms with E-state index in [9.17, 15) is 19.8 Å². The van der Waals surface area contributed by atoms with Crippen molar-refractivity contribution in [2.75, 3.05) is 20.3 Å². The minimum Gasteiger partial charge on any atom is -0.497 e. The molecular weight excluding hydrogens is 340 g/mol. The van der Waals surface area contributed by atoms with Gasteiger partial charge in [0, 0.05) is 30.9 Å². The maximum Gasteiger partial charge on any atom is 0.220 e. The smallest absolute Gasteiger partial charge is 0.220 e. The van der Waals surface area contributed by atoms with Gasteiger partial charge in [-0.25, -0.2) is 0 Å². The molecule has 1 saturated heterocycles. The van der Waals surface area contributed by atoms with Crippen molar-refractivity contribution in [1.82, 2.24) is 10.6 Å². The maximum atomic E-state index is 12.3. The summed E-state index contributed by atoms with van der Waals surface area (Å²) in [7, 11) is 1.55. The van der Waals surface area contributed by atoms with Gasteiger partial charge in [0.15, 0.2) is 5.78 Å². The van der Waals surface area contributed by atoms with E-state index in [1.54, 1.807) is 25.3 Å². The van der Waals surface area contributed by atoms with Crippen LogP contribution in [-0.4, -0.2) is 71.6 Å². The van der Waals surface area contributed by atoms with Gasteiger partial charge in [-0.15, -0.1) is 0 Å². The molecule has 0 radical (unpaired) electrons. The summed E-state index contributed by atoms with van der Waals surface area (Å²) in [5.41, 5.74) is 1.45. The number of hydrogen-bond acceptors (Lipinski definition) is 7. The molecule has 1 unspecified atom stereocenters. The fraction of sp³-hybridized carbons (Fsp3) is 0.556. The number of Topliss-reactive ketones (excluding diaryl/α,β-unsaturated/α-hetero) is 1. The lowest BCUT2D eigenvalue weighted by Gasteiger charge is -2.17. The fourth-order valence-electron chi connectivity index (χ4n) is 3.69. The predicted molar refractivity (Wildman–Crippen MR) is 92.1 cm³/mol. The van der Waals surface area contributed by atoms with E-state index in [4.69, 9.17) is 9.84 Å². The van der Waals surface area contributed by atoms with E-state index in [0.717, 1.165) is 5.56 Å². The summed E-state index contributed by atoms with van der Waals surface area (Å²) in [4.78, 5) is 24.4. The van der Waals surface area contributed by atoms with Gasteiger partial charge in [-0.3, -0.25) is 9.59 Å². The number of amides is 1. The highest BCUT2D eigenvalue weighted by atomic mass is 16.5. The van der Waals surface area contributed by atoms with Crippen molar-refractivity contribution in [2.24, 2.45) is 0 Å². The van der Waals surface area contributed by atoms with Gasteiger partial charge in [0.05, 0.1) is 38.0 Å². The average molecular weight is 364 g/mol. The molecule has 1 aromatic carbocycles. The van der Waals surface area contributed by atoms with Gasteiger partial charge in [-0.05, 0) is 23.8 Å². The summed E-state index contributed by atoms with van der Waals surface area (Å²) in [6, 6.07) is 4.10. The molecule has 5 N–H and O–H groups in total. The molecule has 0 spiro atoms. The molecule has 26 heavy (non-hydrogen) atoms. The molecule has 8 heteroatoms. The quantitative estimate of drug-likeness (QED) is 0.435. The van der Waals surface area contributed by atoms with Crippen molar-refractivity contribution in [3.8, 4) is 5.75 Å². The van der Waals surface area contributed by atoms with Crippen LogP contribution in [0.2, 0.25) is 0 Å². The van der Waals surface area contributed by atoms with E-state index in [-0.39, 0.29) is 43.6 Å². The van der Waals surface area contributed by atoms with E-state index in [1.807, 2.05) is 0 Å². The topological polar surface area (TPSA) is 128 Å². The van der Waals surface area contributed by atoms with Crippen LogP contribution < -0.4 is 15.4 Å². The van der Waals surface area contributed by atoms with Crippen LogP contribution in [0.4, 0.5) is 0 Å². The van der Waals surface area contributed by atoms with Gasteiger partial charge in [-0.1, -0.05) is 0 Å². The van der Waals surface area contributed by atoms with Crippen molar-refractivity contribution in [2.45, 2.75) is 43.1 Å². The number of hydrogen-bond donors (Lipinski definition) is 5. The first-order chi connectivity index (χ1) is 12.4. The molecule has 3 rings (SSSR count). The second-order valence-corrected chi connectivity index (χ2v) is 6.83. The summed E-state index contributed by atoms with van der Waals surface area (Å²) in [6.45, 7) is -0.176. The van der Waals surface area contributed by atoms with Gasteiger partial charge in [-0.2, -0.15) is 0 Å². The minimum atomic E-state index is -1.08. The van der Waals surface area contributed by atoms with Gasteiger partial charge < -0.3 is 30.7 Å². The highest BCUT2D eigenvalue weighted by Gasteiger charge is 2.40. The van der Waals surface area contributed by atoms with E-state index in [1.165, 1.54) is 0 Å². The number of aliphatic hydroxyl groups excluding tert-OH is 3. The molecule has 1 fully saturated rings. The monoisotopic (exact) mass is 364 g/mol. The molecule has 0 bridgehead atoms. The highest BCUT2D eigenvalue weighted by molar-refractivity contribution is 6.02. The molecule has 0 saturated carbocycles. The summed E-state index contributed by atoms with van der Waals surface area (Å²) < 4.78 is 5.19. The normalized spacial score (nSPS) is 30.3. The lowest BCUT2D eigenvalue weighted by atomic mass is 9.97. The number of carbonyl (C=O) groups is 2. The van der Waals surface area contributed by atoms with Gasteiger partial charge in [0.2, 0.25) is 5.91 Å². The number of aliphatic hydroxyl groups is 3. The van der Waals surface area contributed by atoms with Crippen LogP contribution in [0, 0.1) is 0 Å². The van der Waals surface area contributed by atoms with E-state index < -0.39 is 24.3 Å². The molecule has 1 aliphatic carbocycles. The van der Waals surface area contributed by atoms with E-state index in [0.29, 0.717) is 11.3 Å². The Balaban J connectivity index is 1.58. The third-order valence-electron chi connectivity index (χ3n) is 5.18. The van der Waals surface area contributed by atoms with Crippen molar-refractivity contribution in [3.63, 3.8) is 0 Å². The summed E-state index contributed by atoms with van der Waals surface area (Å²) in [5.74, 6) is 0.215. The Morgan fingerprint density at radius 2 is 2.04 bits per heavy atom. The van der Waals surface area contributed by atoms with Crippen LogP contribution in [0.3, 0.4) is 0 Å². The Kier molecular flexibility index (Phi) is 5.57. The minimum absolute atomic E-state index is 0.0160. The van der Waals surface area contributed by atoms with Crippen molar-refractivity contribution < 1.29 is 29.6 Å². The number of methoxy groups -OCH3 is 1. The standard InChI is InChI=1S/C18H24N2O6/c1-26-10-2-3-11-12(6-10)9(4-15(11)22)5-16(23)19-7-13-17(24)18(25)14(8-21)20-13/h2-3,6,9,13-14,17-18,20-21,24-25H,4-5,7-8H2,1H3,(H,19,23)/t9?,13-,14-,17-,18-/m1/s1. The van der Waals surface area contributed by atoms with E-state index >= 15 is 0 Å². The lowest BCUT2D eigenvalue weighted by molar-refractivity contribution is -0.121. The molecule has 142 valence electrons.